The van der Waals surface area contributed by atoms with E-state index in [1.165, 1.54) is 0 Å². The summed E-state index contributed by atoms with van der Waals surface area (Å²) in [5.74, 6) is 0.439. The van der Waals surface area contributed by atoms with Gasteiger partial charge in [0, 0.05) is 0 Å². The second kappa shape index (κ2) is 9.46. The Morgan fingerprint density at radius 3 is 2.27 bits per heavy atom. The highest BCUT2D eigenvalue weighted by molar-refractivity contribution is 6.02. The molecule has 26 heavy (non-hydrogen) atoms. The van der Waals surface area contributed by atoms with Crippen LogP contribution in [-0.2, 0) is 9.53 Å². The van der Waals surface area contributed by atoms with Gasteiger partial charge in [0.1, 0.15) is 11.5 Å². The van der Waals surface area contributed by atoms with Crippen LogP contribution in [0.2, 0.25) is 0 Å². The Labute approximate surface area is 153 Å². The molecule has 1 atom stereocenters. The highest BCUT2D eigenvalue weighted by Gasteiger charge is 2.19. The van der Waals surface area contributed by atoms with Crippen molar-refractivity contribution in [3.8, 4) is 11.5 Å². The summed E-state index contributed by atoms with van der Waals surface area (Å²) in [4.78, 5) is 24.4. The summed E-state index contributed by atoms with van der Waals surface area (Å²) < 4.78 is 16.0. The molecular formula is C20H23NO5. The van der Waals surface area contributed by atoms with Gasteiger partial charge in [0.15, 0.2) is 6.10 Å². The highest BCUT2D eigenvalue weighted by atomic mass is 16.5. The quantitative estimate of drug-likeness (QED) is 0.730. The van der Waals surface area contributed by atoms with Gasteiger partial charge in [0.25, 0.3) is 5.91 Å². The molecule has 0 spiro atoms. The molecule has 1 unspecified atom stereocenters. The Balaban J connectivity index is 2.02. The number of benzene rings is 2. The number of hydrogen-bond acceptors (Lipinski definition) is 5. The number of carbonyl (C=O) groups excluding carboxylic acids is 2. The maximum atomic E-state index is 12.4. The Morgan fingerprint density at radius 2 is 1.62 bits per heavy atom. The standard InChI is InChI=1S/C20H23NO5/c1-4-24-15-10-12-16(13-11-15)26-14(3)19(22)21-18-9-7-6-8-17(18)20(23)25-5-2/h6-14H,4-5H2,1-3H3,(H,21,22). The zero-order valence-electron chi connectivity index (χ0n) is 15.2. The summed E-state index contributed by atoms with van der Waals surface area (Å²) >= 11 is 0. The van der Waals surface area contributed by atoms with E-state index in [1.54, 1.807) is 62.4 Å². The van der Waals surface area contributed by atoms with Gasteiger partial charge in [-0.05, 0) is 57.2 Å². The van der Waals surface area contributed by atoms with Crippen LogP contribution >= 0.6 is 0 Å². The fourth-order valence-corrected chi connectivity index (χ4v) is 2.25. The van der Waals surface area contributed by atoms with Crippen LogP contribution in [0, 0.1) is 0 Å². The molecule has 0 aliphatic carbocycles. The summed E-state index contributed by atoms with van der Waals surface area (Å²) in [6.07, 6.45) is -0.747. The second-order valence-corrected chi connectivity index (χ2v) is 5.42. The zero-order valence-corrected chi connectivity index (χ0v) is 15.2. The van der Waals surface area contributed by atoms with Gasteiger partial charge in [-0.3, -0.25) is 4.79 Å². The lowest BCUT2D eigenvalue weighted by Crippen LogP contribution is -2.30. The predicted octanol–water partition coefficient (Wildman–Crippen LogP) is 3.67. The van der Waals surface area contributed by atoms with E-state index in [0.717, 1.165) is 5.75 Å². The molecular weight excluding hydrogens is 334 g/mol. The monoisotopic (exact) mass is 357 g/mol. The second-order valence-electron chi connectivity index (χ2n) is 5.42. The lowest BCUT2D eigenvalue weighted by Gasteiger charge is -2.16. The molecule has 0 heterocycles. The smallest absolute Gasteiger partial charge is 0.340 e. The number of carbonyl (C=O) groups is 2. The molecule has 0 radical (unpaired) electrons. The molecule has 0 aromatic heterocycles. The number of esters is 1. The molecule has 1 N–H and O–H groups in total. The van der Waals surface area contributed by atoms with Gasteiger partial charge >= 0.3 is 5.97 Å². The number of hydrogen-bond donors (Lipinski definition) is 1. The number of anilines is 1. The third-order valence-electron chi connectivity index (χ3n) is 3.50. The summed E-state index contributed by atoms with van der Waals surface area (Å²) in [6, 6.07) is 13.7. The molecule has 1 amide bonds. The van der Waals surface area contributed by atoms with Crippen molar-refractivity contribution in [1.29, 1.82) is 0 Å². The minimum Gasteiger partial charge on any atom is -0.494 e. The Morgan fingerprint density at radius 1 is 0.962 bits per heavy atom. The molecule has 2 rings (SSSR count). The van der Waals surface area contributed by atoms with Crippen LogP contribution < -0.4 is 14.8 Å². The highest BCUT2D eigenvalue weighted by Crippen LogP contribution is 2.20. The molecule has 0 fully saturated rings. The topological polar surface area (TPSA) is 73.9 Å². The first-order chi connectivity index (χ1) is 12.5. The lowest BCUT2D eigenvalue weighted by atomic mass is 10.1. The van der Waals surface area contributed by atoms with Crippen molar-refractivity contribution in [3.63, 3.8) is 0 Å². The lowest BCUT2D eigenvalue weighted by molar-refractivity contribution is -0.122. The largest absolute Gasteiger partial charge is 0.494 e. The third kappa shape index (κ3) is 5.24. The maximum absolute atomic E-state index is 12.4. The van der Waals surface area contributed by atoms with Crippen molar-refractivity contribution in [2.45, 2.75) is 26.9 Å². The molecule has 2 aromatic rings. The molecule has 6 nitrogen and oxygen atoms in total. The van der Waals surface area contributed by atoms with Crippen LogP contribution in [0.25, 0.3) is 0 Å². The van der Waals surface area contributed by atoms with Crippen molar-refractivity contribution >= 4 is 17.6 Å². The van der Waals surface area contributed by atoms with E-state index < -0.39 is 12.1 Å². The molecule has 0 bridgehead atoms. The average Bonchev–Trinajstić information content (AvgIpc) is 2.64. The molecule has 6 heteroatoms. The maximum Gasteiger partial charge on any atom is 0.340 e. The molecule has 0 aliphatic heterocycles. The molecule has 138 valence electrons. The van der Waals surface area contributed by atoms with Crippen LogP contribution in [0.1, 0.15) is 31.1 Å². The first kappa shape index (κ1) is 19.3. The summed E-state index contributed by atoms with van der Waals surface area (Å²) in [5, 5.41) is 2.71. The predicted molar refractivity (Wildman–Crippen MR) is 98.7 cm³/mol. The van der Waals surface area contributed by atoms with Crippen molar-refractivity contribution in [2.24, 2.45) is 0 Å². The number of rotatable bonds is 8. The zero-order chi connectivity index (χ0) is 18.9. The van der Waals surface area contributed by atoms with Gasteiger partial charge < -0.3 is 19.5 Å². The van der Waals surface area contributed by atoms with Crippen molar-refractivity contribution in [2.75, 3.05) is 18.5 Å². The Kier molecular flexibility index (Phi) is 7.02. The van der Waals surface area contributed by atoms with Gasteiger partial charge in [-0.2, -0.15) is 0 Å². The van der Waals surface area contributed by atoms with Gasteiger partial charge in [-0.15, -0.1) is 0 Å². The number of nitrogens with one attached hydrogen (secondary N) is 1. The van der Waals surface area contributed by atoms with E-state index >= 15 is 0 Å². The minimum atomic E-state index is -0.747. The fraction of sp³-hybridized carbons (Fsp3) is 0.300. The van der Waals surface area contributed by atoms with Gasteiger partial charge in [0.05, 0.1) is 24.5 Å². The van der Waals surface area contributed by atoms with E-state index in [4.69, 9.17) is 14.2 Å². The Bertz CT molecular complexity index is 742. The minimum absolute atomic E-state index is 0.262. The van der Waals surface area contributed by atoms with Crippen molar-refractivity contribution in [1.82, 2.24) is 0 Å². The third-order valence-corrected chi connectivity index (χ3v) is 3.50. The van der Waals surface area contributed by atoms with Crippen LogP contribution in [0.15, 0.2) is 48.5 Å². The van der Waals surface area contributed by atoms with E-state index in [0.29, 0.717) is 23.6 Å². The molecule has 2 aromatic carbocycles. The SMILES string of the molecule is CCOC(=O)c1ccccc1NC(=O)C(C)Oc1ccc(OCC)cc1. The van der Waals surface area contributed by atoms with Crippen molar-refractivity contribution in [3.05, 3.63) is 54.1 Å². The first-order valence-corrected chi connectivity index (χ1v) is 8.51. The van der Waals surface area contributed by atoms with E-state index in [-0.39, 0.29) is 12.5 Å². The molecule has 0 saturated heterocycles. The van der Waals surface area contributed by atoms with Crippen LogP contribution in [0.3, 0.4) is 0 Å². The Hall–Kier alpha value is -3.02. The van der Waals surface area contributed by atoms with E-state index in [1.807, 2.05) is 6.92 Å². The van der Waals surface area contributed by atoms with Gasteiger partial charge in [-0.1, -0.05) is 12.1 Å². The number of ether oxygens (including phenoxy) is 3. The van der Waals surface area contributed by atoms with Crippen LogP contribution in [0.4, 0.5) is 5.69 Å². The van der Waals surface area contributed by atoms with Crippen molar-refractivity contribution < 1.29 is 23.8 Å². The molecule has 0 aliphatic rings. The average molecular weight is 357 g/mol. The summed E-state index contributed by atoms with van der Waals surface area (Å²) in [7, 11) is 0. The molecule has 0 saturated carbocycles. The summed E-state index contributed by atoms with van der Waals surface area (Å²) in [5.41, 5.74) is 0.689. The first-order valence-electron chi connectivity index (χ1n) is 8.51. The normalized spacial score (nSPS) is 11.3. The summed E-state index contributed by atoms with van der Waals surface area (Å²) in [6.45, 7) is 6.12. The van der Waals surface area contributed by atoms with Crippen LogP contribution in [-0.4, -0.2) is 31.2 Å². The number of amides is 1. The van der Waals surface area contributed by atoms with Gasteiger partial charge in [-0.25, -0.2) is 4.79 Å². The fourth-order valence-electron chi connectivity index (χ4n) is 2.25. The number of para-hydroxylation sites is 1. The van der Waals surface area contributed by atoms with E-state index in [9.17, 15) is 9.59 Å². The van der Waals surface area contributed by atoms with E-state index in [2.05, 4.69) is 5.32 Å². The van der Waals surface area contributed by atoms with Crippen LogP contribution in [0.5, 0.6) is 11.5 Å². The van der Waals surface area contributed by atoms with Gasteiger partial charge in [0.2, 0.25) is 0 Å².